The Morgan fingerprint density at radius 1 is 1.04 bits per heavy atom. The van der Waals surface area contributed by atoms with Crippen LogP contribution in [0.25, 0.3) is 28.4 Å². The van der Waals surface area contributed by atoms with E-state index in [4.69, 9.17) is 4.42 Å². The Hall–Kier alpha value is -3.12. The minimum atomic E-state index is -0.267. The summed E-state index contributed by atoms with van der Waals surface area (Å²) in [6.07, 6.45) is 1.70. The van der Waals surface area contributed by atoms with Gasteiger partial charge in [0.25, 0.3) is 11.1 Å². The molecule has 27 heavy (non-hydrogen) atoms. The van der Waals surface area contributed by atoms with Crippen LogP contribution in [-0.4, -0.2) is 22.6 Å². The largest absolute Gasteiger partial charge is 0.456 e. The van der Waals surface area contributed by atoms with Gasteiger partial charge >= 0.3 is 0 Å². The lowest BCUT2D eigenvalue weighted by atomic mass is 10.1. The Kier molecular flexibility index (Phi) is 4.41. The van der Waals surface area contributed by atoms with Crippen molar-refractivity contribution in [2.45, 2.75) is 6.92 Å². The first kappa shape index (κ1) is 17.3. The molecule has 0 N–H and O–H groups in total. The highest BCUT2D eigenvalue weighted by atomic mass is 32.2. The van der Waals surface area contributed by atoms with Gasteiger partial charge in [0.05, 0.1) is 10.3 Å². The third kappa shape index (κ3) is 3.19. The zero-order valence-electron chi connectivity index (χ0n) is 14.5. The summed E-state index contributed by atoms with van der Waals surface area (Å²) in [5.74, 6) is 0.216. The monoisotopic (exact) mass is 377 g/mol. The molecule has 3 aromatic rings. The quantitative estimate of drug-likeness (QED) is 0.628. The van der Waals surface area contributed by atoms with E-state index in [1.807, 2.05) is 30.3 Å². The van der Waals surface area contributed by atoms with Gasteiger partial charge in [-0.1, -0.05) is 36.4 Å². The predicted molar refractivity (Wildman–Crippen MR) is 106 cm³/mol. The fourth-order valence-corrected chi connectivity index (χ4v) is 3.82. The van der Waals surface area contributed by atoms with Crippen molar-refractivity contribution in [3.8, 4) is 11.3 Å². The maximum atomic E-state index is 12.2. The maximum Gasteiger partial charge on any atom is 0.293 e. The Labute approximate surface area is 159 Å². The summed E-state index contributed by atoms with van der Waals surface area (Å²) in [5, 5.41) is 0.299. The molecule has 4 rings (SSSR count). The van der Waals surface area contributed by atoms with Gasteiger partial charge in [-0.15, -0.1) is 0 Å². The van der Waals surface area contributed by atoms with E-state index in [0.29, 0.717) is 28.2 Å². The van der Waals surface area contributed by atoms with Crippen molar-refractivity contribution in [3.05, 3.63) is 75.3 Å². The summed E-state index contributed by atoms with van der Waals surface area (Å²) in [6, 6.07) is 15.9. The number of thioether (sulfide) groups is 1. The molecule has 2 amide bonds. The maximum absolute atomic E-state index is 12.2. The first-order valence-corrected chi connectivity index (χ1v) is 9.27. The zero-order chi connectivity index (χ0) is 19.0. The molecule has 0 radical (unpaired) electrons. The van der Waals surface area contributed by atoms with Gasteiger partial charge in [0.15, 0.2) is 5.43 Å². The van der Waals surface area contributed by atoms with E-state index >= 15 is 0 Å². The van der Waals surface area contributed by atoms with Crippen molar-refractivity contribution in [2.75, 3.05) is 6.54 Å². The molecule has 6 heteroatoms. The smallest absolute Gasteiger partial charge is 0.293 e. The number of nitrogens with zero attached hydrogens (tertiary/aromatic N) is 1. The van der Waals surface area contributed by atoms with Gasteiger partial charge in [-0.2, -0.15) is 0 Å². The van der Waals surface area contributed by atoms with Crippen molar-refractivity contribution < 1.29 is 14.0 Å². The van der Waals surface area contributed by atoms with Crippen LogP contribution >= 0.6 is 11.8 Å². The molecule has 2 aromatic carbocycles. The van der Waals surface area contributed by atoms with Gasteiger partial charge in [0.2, 0.25) is 0 Å². The predicted octanol–water partition coefficient (Wildman–Crippen LogP) is 4.52. The molecule has 0 spiro atoms. The number of likely N-dealkylation sites (N-methyl/N-ethyl adjacent to an activating group) is 1. The standard InChI is InChI=1S/C21H15NO4S/c1-2-22-20(24)19(27-21(22)25)11-13-7-9-14(10-8-13)18-12-16(23)15-5-3-4-6-17(15)26-18/h3-12H,2H2,1H3/b19-11+. The highest BCUT2D eigenvalue weighted by molar-refractivity contribution is 8.18. The molecule has 1 aliphatic rings. The van der Waals surface area contributed by atoms with Crippen molar-refractivity contribution in [1.82, 2.24) is 4.90 Å². The lowest BCUT2D eigenvalue weighted by Crippen LogP contribution is -2.27. The van der Waals surface area contributed by atoms with Crippen LogP contribution in [0.3, 0.4) is 0 Å². The van der Waals surface area contributed by atoms with Crippen LogP contribution in [0, 0.1) is 0 Å². The Morgan fingerprint density at radius 2 is 1.78 bits per heavy atom. The van der Waals surface area contributed by atoms with Crippen LogP contribution in [0.4, 0.5) is 4.79 Å². The van der Waals surface area contributed by atoms with Crippen LogP contribution in [0.15, 0.2) is 68.7 Å². The first-order valence-electron chi connectivity index (χ1n) is 8.45. The summed E-state index contributed by atoms with van der Waals surface area (Å²) in [6.45, 7) is 2.13. The Balaban J connectivity index is 1.65. The molecule has 1 aliphatic heterocycles. The molecular formula is C21H15NO4S. The third-order valence-corrected chi connectivity index (χ3v) is 5.22. The molecule has 1 fully saturated rings. The van der Waals surface area contributed by atoms with Crippen molar-refractivity contribution >= 4 is 40.0 Å². The van der Waals surface area contributed by atoms with E-state index in [1.165, 1.54) is 11.0 Å². The van der Waals surface area contributed by atoms with Crippen LogP contribution < -0.4 is 5.43 Å². The number of carbonyl (C=O) groups excluding carboxylic acids is 2. The first-order chi connectivity index (χ1) is 13.1. The summed E-state index contributed by atoms with van der Waals surface area (Å²) >= 11 is 0.944. The lowest BCUT2D eigenvalue weighted by Gasteiger charge is -2.07. The normalized spacial score (nSPS) is 15.9. The second-order valence-corrected chi connectivity index (χ2v) is 7.01. The average Bonchev–Trinajstić information content (AvgIpc) is 2.95. The Morgan fingerprint density at radius 3 is 2.48 bits per heavy atom. The third-order valence-electron chi connectivity index (χ3n) is 4.32. The van der Waals surface area contributed by atoms with Crippen molar-refractivity contribution in [3.63, 3.8) is 0 Å². The molecular weight excluding hydrogens is 362 g/mol. The topological polar surface area (TPSA) is 67.6 Å². The zero-order valence-corrected chi connectivity index (χ0v) is 15.3. The second kappa shape index (κ2) is 6.89. The molecule has 0 aliphatic carbocycles. The van der Waals surface area contributed by atoms with Gasteiger partial charge in [0.1, 0.15) is 11.3 Å². The molecule has 1 aromatic heterocycles. The summed E-state index contributed by atoms with van der Waals surface area (Å²) in [4.78, 5) is 37.8. The van der Waals surface area contributed by atoms with Crippen LogP contribution in [0.5, 0.6) is 0 Å². The summed E-state index contributed by atoms with van der Waals surface area (Å²) in [7, 11) is 0. The van der Waals surface area contributed by atoms with E-state index in [2.05, 4.69) is 0 Å². The van der Waals surface area contributed by atoms with Crippen molar-refractivity contribution in [2.24, 2.45) is 0 Å². The molecule has 0 saturated carbocycles. The summed E-state index contributed by atoms with van der Waals surface area (Å²) < 4.78 is 5.84. The number of hydrogen-bond donors (Lipinski definition) is 0. The van der Waals surface area contributed by atoms with Crippen LogP contribution in [0.2, 0.25) is 0 Å². The number of hydrogen-bond acceptors (Lipinski definition) is 5. The van der Waals surface area contributed by atoms with Gasteiger partial charge in [0, 0.05) is 18.2 Å². The van der Waals surface area contributed by atoms with E-state index in [1.54, 1.807) is 31.2 Å². The number of carbonyl (C=O) groups is 2. The van der Waals surface area contributed by atoms with Gasteiger partial charge in [-0.3, -0.25) is 19.3 Å². The molecule has 0 bridgehead atoms. The lowest BCUT2D eigenvalue weighted by molar-refractivity contribution is -0.122. The van der Waals surface area contributed by atoms with Gasteiger partial charge in [-0.25, -0.2) is 0 Å². The molecule has 1 saturated heterocycles. The molecule has 5 nitrogen and oxygen atoms in total. The molecule has 0 unspecified atom stereocenters. The van der Waals surface area contributed by atoms with Crippen molar-refractivity contribution in [1.29, 1.82) is 0 Å². The van der Waals surface area contributed by atoms with Crippen LogP contribution in [-0.2, 0) is 4.79 Å². The number of benzene rings is 2. The molecule has 2 heterocycles. The second-order valence-electron chi connectivity index (χ2n) is 6.02. The van der Waals surface area contributed by atoms with E-state index in [0.717, 1.165) is 22.9 Å². The number of fused-ring (bicyclic) bond motifs is 1. The van der Waals surface area contributed by atoms with E-state index in [-0.39, 0.29) is 16.6 Å². The SMILES string of the molecule is CCN1C(=O)S/C(=C/c2ccc(-c3cc(=O)c4ccccc4o3)cc2)C1=O. The molecule has 134 valence electrons. The highest BCUT2D eigenvalue weighted by Gasteiger charge is 2.33. The average molecular weight is 377 g/mol. The van der Waals surface area contributed by atoms with Gasteiger partial charge in [-0.05, 0) is 42.5 Å². The van der Waals surface area contributed by atoms with E-state index in [9.17, 15) is 14.4 Å². The number of amides is 2. The minimum Gasteiger partial charge on any atom is -0.456 e. The number of para-hydroxylation sites is 1. The van der Waals surface area contributed by atoms with Gasteiger partial charge < -0.3 is 4.42 Å². The number of rotatable bonds is 3. The fraction of sp³-hybridized carbons (Fsp3) is 0.0952. The molecule has 0 atom stereocenters. The van der Waals surface area contributed by atoms with Crippen LogP contribution in [0.1, 0.15) is 12.5 Å². The fourth-order valence-electron chi connectivity index (χ4n) is 2.91. The highest BCUT2D eigenvalue weighted by Crippen LogP contribution is 2.32. The number of imide groups is 1. The summed E-state index contributed by atoms with van der Waals surface area (Å²) in [5.41, 5.74) is 2.00. The van der Waals surface area contributed by atoms with E-state index < -0.39 is 0 Å². The minimum absolute atomic E-state index is 0.0934. The Bertz CT molecular complexity index is 1140.